The maximum atomic E-state index is 13.0. The zero-order chi connectivity index (χ0) is 13.0. The van der Waals surface area contributed by atoms with Gasteiger partial charge in [-0.15, -0.1) is 0 Å². The molecule has 92 valence electrons. The Morgan fingerprint density at radius 1 is 1.06 bits per heavy atom. The molecule has 2 aromatic carbocycles. The third kappa shape index (κ3) is 3.11. The fourth-order valence-electron chi connectivity index (χ4n) is 1.52. The molecule has 0 saturated heterocycles. The van der Waals surface area contributed by atoms with Gasteiger partial charge in [-0.05, 0) is 24.3 Å². The zero-order valence-electron chi connectivity index (χ0n) is 9.51. The van der Waals surface area contributed by atoms with Crippen molar-refractivity contribution in [2.24, 2.45) is 0 Å². The Kier molecular flexibility index (Phi) is 3.99. The van der Waals surface area contributed by atoms with Crippen LogP contribution in [0, 0.1) is 5.82 Å². The first kappa shape index (κ1) is 12.6. The summed E-state index contributed by atoms with van der Waals surface area (Å²) in [5.41, 5.74) is 0.249. The molecular weight excluding hydrogens is 251 g/mol. The molecule has 0 N–H and O–H groups in total. The summed E-state index contributed by atoms with van der Waals surface area (Å²) in [5, 5.41) is 0. The molecule has 0 aromatic heterocycles. The van der Waals surface area contributed by atoms with Crippen molar-refractivity contribution >= 4 is 16.6 Å². The number of carbonyl (C=O) groups excluding carboxylic acids is 1. The van der Waals surface area contributed by atoms with E-state index < -0.39 is 16.6 Å². The largest absolute Gasteiger partial charge is 0.293 e. The summed E-state index contributed by atoms with van der Waals surface area (Å²) >= 11 is 0. The molecule has 1 unspecified atom stereocenters. The molecule has 1 atom stereocenters. The van der Waals surface area contributed by atoms with Crippen molar-refractivity contribution in [3.8, 4) is 0 Å². The Labute approximate surface area is 107 Å². The first-order valence-corrected chi connectivity index (χ1v) is 6.71. The second kappa shape index (κ2) is 5.69. The van der Waals surface area contributed by atoms with Gasteiger partial charge in [0.25, 0.3) is 0 Å². The highest BCUT2D eigenvalue weighted by Gasteiger charge is 2.12. The number of carbonyl (C=O) groups is 1. The van der Waals surface area contributed by atoms with Gasteiger partial charge in [-0.1, -0.05) is 30.3 Å². The van der Waals surface area contributed by atoms with Gasteiger partial charge in [0.1, 0.15) is 5.82 Å². The Balaban J connectivity index is 2.11. The van der Waals surface area contributed by atoms with Gasteiger partial charge in [-0.25, -0.2) is 4.39 Å². The van der Waals surface area contributed by atoms with E-state index in [-0.39, 0.29) is 17.1 Å². The summed E-state index contributed by atoms with van der Waals surface area (Å²) in [6.07, 6.45) is 0. The molecule has 0 aliphatic rings. The number of hydrogen-bond acceptors (Lipinski definition) is 2. The molecule has 0 saturated carbocycles. The van der Waals surface area contributed by atoms with Gasteiger partial charge < -0.3 is 0 Å². The van der Waals surface area contributed by atoms with Crippen molar-refractivity contribution in [2.45, 2.75) is 4.90 Å². The van der Waals surface area contributed by atoms with Crippen LogP contribution >= 0.6 is 0 Å². The van der Waals surface area contributed by atoms with Crippen LogP contribution in [0.4, 0.5) is 4.39 Å². The first-order chi connectivity index (χ1) is 8.66. The van der Waals surface area contributed by atoms with E-state index in [2.05, 4.69) is 0 Å². The Morgan fingerprint density at radius 2 is 1.78 bits per heavy atom. The average Bonchev–Trinajstić information content (AvgIpc) is 2.39. The molecule has 0 aliphatic carbocycles. The Bertz CT molecular complexity index is 581. The highest BCUT2D eigenvalue weighted by Crippen LogP contribution is 2.10. The summed E-state index contributed by atoms with van der Waals surface area (Å²) in [5.74, 6) is -0.920. The zero-order valence-corrected chi connectivity index (χ0v) is 10.3. The molecule has 0 radical (unpaired) electrons. The SMILES string of the molecule is O=C(CS(=O)c1ccccc1)c1cccc(F)c1. The number of benzene rings is 2. The molecule has 2 nitrogen and oxygen atoms in total. The van der Waals surface area contributed by atoms with Gasteiger partial charge in [0.05, 0.1) is 16.6 Å². The number of hydrogen-bond donors (Lipinski definition) is 0. The average molecular weight is 262 g/mol. The third-order valence-electron chi connectivity index (χ3n) is 2.41. The van der Waals surface area contributed by atoms with E-state index in [0.717, 1.165) is 6.07 Å². The summed E-state index contributed by atoms with van der Waals surface area (Å²) in [6, 6.07) is 14.2. The highest BCUT2D eigenvalue weighted by atomic mass is 32.2. The van der Waals surface area contributed by atoms with Gasteiger partial charge in [-0.3, -0.25) is 9.00 Å². The second-order valence-electron chi connectivity index (χ2n) is 3.74. The minimum absolute atomic E-state index is 0.131. The van der Waals surface area contributed by atoms with Crippen molar-refractivity contribution in [1.82, 2.24) is 0 Å². The van der Waals surface area contributed by atoms with Gasteiger partial charge in [-0.2, -0.15) is 0 Å². The normalized spacial score (nSPS) is 12.1. The number of ketones is 1. The van der Waals surface area contributed by atoms with Crippen LogP contribution in [0.5, 0.6) is 0 Å². The maximum Gasteiger partial charge on any atom is 0.175 e. The van der Waals surface area contributed by atoms with E-state index in [9.17, 15) is 13.4 Å². The minimum atomic E-state index is -1.39. The first-order valence-electron chi connectivity index (χ1n) is 5.39. The van der Waals surface area contributed by atoms with Gasteiger partial charge in [0, 0.05) is 10.5 Å². The smallest absolute Gasteiger partial charge is 0.175 e. The van der Waals surface area contributed by atoms with Gasteiger partial charge >= 0.3 is 0 Å². The summed E-state index contributed by atoms with van der Waals surface area (Å²) in [6.45, 7) is 0. The van der Waals surface area contributed by atoms with Crippen molar-refractivity contribution < 1.29 is 13.4 Å². The van der Waals surface area contributed by atoms with Crippen LogP contribution in [0.25, 0.3) is 0 Å². The third-order valence-corrected chi connectivity index (χ3v) is 3.74. The molecule has 0 aliphatic heterocycles. The lowest BCUT2D eigenvalue weighted by Crippen LogP contribution is -2.11. The molecule has 0 fully saturated rings. The summed E-state index contributed by atoms with van der Waals surface area (Å²) < 4.78 is 24.9. The monoisotopic (exact) mass is 262 g/mol. The lowest BCUT2D eigenvalue weighted by molar-refractivity contribution is 0.102. The number of rotatable bonds is 4. The Hall–Kier alpha value is -1.81. The van der Waals surface area contributed by atoms with E-state index in [0.29, 0.717) is 4.90 Å². The molecule has 0 spiro atoms. The predicted molar refractivity (Wildman–Crippen MR) is 68.4 cm³/mol. The number of halogens is 1. The molecule has 18 heavy (non-hydrogen) atoms. The summed E-state index contributed by atoms with van der Waals surface area (Å²) in [4.78, 5) is 12.4. The fraction of sp³-hybridized carbons (Fsp3) is 0.0714. The van der Waals surface area contributed by atoms with Crippen molar-refractivity contribution in [2.75, 3.05) is 5.75 Å². The van der Waals surface area contributed by atoms with E-state index in [4.69, 9.17) is 0 Å². The maximum absolute atomic E-state index is 13.0. The Morgan fingerprint density at radius 3 is 2.44 bits per heavy atom. The number of Topliss-reactive ketones (excluding diaryl/α,β-unsaturated/α-hetero) is 1. The van der Waals surface area contributed by atoms with Gasteiger partial charge in [0.15, 0.2) is 5.78 Å². The molecule has 0 heterocycles. The quantitative estimate of drug-likeness (QED) is 0.794. The lowest BCUT2D eigenvalue weighted by atomic mass is 10.1. The second-order valence-corrected chi connectivity index (χ2v) is 5.19. The van der Waals surface area contributed by atoms with Crippen molar-refractivity contribution in [3.63, 3.8) is 0 Å². The topological polar surface area (TPSA) is 34.1 Å². The van der Waals surface area contributed by atoms with E-state index in [1.54, 1.807) is 24.3 Å². The van der Waals surface area contributed by atoms with Crippen molar-refractivity contribution in [3.05, 3.63) is 66.0 Å². The van der Waals surface area contributed by atoms with Crippen LogP contribution in [0.15, 0.2) is 59.5 Å². The van der Waals surface area contributed by atoms with E-state index in [1.165, 1.54) is 18.2 Å². The van der Waals surface area contributed by atoms with Crippen LogP contribution in [-0.2, 0) is 10.8 Å². The lowest BCUT2D eigenvalue weighted by Gasteiger charge is -2.02. The van der Waals surface area contributed by atoms with Crippen LogP contribution in [0.1, 0.15) is 10.4 Å². The van der Waals surface area contributed by atoms with Gasteiger partial charge in [0.2, 0.25) is 0 Å². The van der Waals surface area contributed by atoms with E-state index in [1.807, 2.05) is 6.07 Å². The molecule has 0 amide bonds. The van der Waals surface area contributed by atoms with E-state index >= 15 is 0 Å². The predicted octanol–water partition coefficient (Wildman–Crippen LogP) is 2.82. The van der Waals surface area contributed by atoms with Crippen LogP contribution in [0.3, 0.4) is 0 Å². The van der Waals surface area contributed by atoms with Crippen LogP contribution < -0.4 is 0 Å². The fourth-order valence-corrected chi connectivity index (χ4v) is 2.55. The highest BCUT2D eigenvalue weighted by molar-refractivity contribution is 7.85. The van der Waals surface area contributed by atoms with Crippen molar-refractivity contribution in [1.29, 1.82) is 0 Å². The molecule has 2 aromatic rings. The van der Waals surface area contributed by atoms with Crippen LogP contribution in [0.2, 0.25) is 0 Å². The molecule has 2 rings (SSSR count). The summed E-state index contributed by atoms with van der Waals surface area (Å²) in [7, 11) is -1.39. The van der Waals surface area contributed by atoms with Crippen LogP contribution in [-0.4, -0.2) is 15.7 Å². The molecule has 4 heteroatoms. The molecular formula is C14H11FO2S. The standard InChI is InChI=1S/C14H11FO2S/c15-12-6-4-5-11(9-12)14(16)10-18(17)13-7-2-1-3-8-13/h1-9H,10H2. The molecule has 0 bridgehead atoms. The minimum Gasteiger partial charge on any atom is -0.293 e.